The van der Waals surface area contributed by atoms with Crippen molar-refractivity contribution in [2.75, 3.05) is 50.7 Å². The molecule has 4 saturated heterocycles. The Hall–Kier alpha value is -3.18. The van der Waals surface area contributed by atoms with Crippen molar-refractivity contribution >= 4 is 51.0 Å². The number of urea groups is 1. The van der Waals surface area contributed by atoms with E-state index in [2.05, 4.69) is 39.4 Å². The maximum absolute atomic E-state index is 13.2. The molecule has 1 aromatic carbocycles. The van der Waals surface area contributed by atoms with Crippen LogP contribution in [0.4, 0.5) is 10.5 Å². The van der Waals surface area contributed by atoms with Gasteiger partial charge < -0.3 is 19.3 Å². The van der Waals surface area contributed by atoms with Gasteiger partial charge in [0, 0.05) is 55.0 Å². The van der Waals surface area contributed by atoms with Crippen molar-refractivity contribution in [3.63, 3.8) is 0 Å². The molecule has 190 valence electrons. The van der Waals surface area contributed by atoms with E-state index in [1.54, 1.807) is 11.3 Å². The summed E-state index contributed by atoms with van der Waals surface area (Å²) in [4.78, 5) is 57.3. The first-order valence-electron chi connectivity index (χ1n) is 12.5. The summed E-state index contributed by atoms with van der Waals surface area (Å²) in [6.07, 6.45) is 2.52. The highest BCUT2D eigenvalue weighted by atomic mass is 32.1. The molecule has 6 rings (SSSR count). The summed E-state index contributed by atoms with van der Waals surface area (Å²) in [6.45, 7) is 5.31. The number of hydrogen-bond donors (Lipinski definition) is 0. The Kier molecular flexibility index (Phi) is 5.83. The zero-order chi connectivity index (χ0) is 24.9. The smallest absolute Gasteiger partial charge is 0.403 e. The molecule has 0 bridgehead atoms. The number of fused-ring (bicyclic) bond motifs is 3. The number of piperazine rings is 1. The third-order valence-electron chi connectivity index (χ3n) is 7.66. The van der Waals surface area contributed by atoms with E-state index >= 15 is 0 Å². The second kappa shape index (κ2) is 9.04. The Bertz CT molecular complexity index is 1210. The van der Waals surface area contributed by atoms with Gasteiger partial charge in [-0.05, 0) is 55.8 Å². The minimum Gasteiger partial charge on any atom is -0.403 e. The number of esters is 2. The van der Waals surface area contributed by atoms with Crippen LogP contribution in [0.3, 0.4) is 0 Å². The number of amides is 3. The van der Waals surface area contributed by atoms with Crippen LogP contribution in [-0.2, 0) is 23.9 Å². The normalized spacial score (nSPS) is 24.1. The van der Waals surface area contributed by atoms with Gasteiger partial charge in [-0.2, -0.15) is 0 Å². The van der Waals surface area contributed by atoms with E-state index in [0.29, 0.717) is 25.8 Å². The maximum atomic E-state index is 13.2. The molecule has 0 radical (unpaired) electrons. The maximum Gasteiger partial charge on any atom is 0.421 e. The highest BCUT2D eigenvalue weighted by Crippen LogP contribution is 2.40. The summed E-state index contributed by atoms with van der Waals surface area (Å²) < 4.78 is 11.6. The number of ether oxygens (including phenoxy) is 2. The van der Waals surface area contributed by atoms with Crippen molar-refractivity contribution in [2.45, 2.75) is 37.5 Å². The summed E-state index contributed by atoms with van der Waals surface area (Å²) in [6, 6.07) is 7.50. The molecule has 1 unspecified atom stereocenters. The average molecular weight is 513 g/mol. The van der Waals surface area contributed by atoms with Gasteiger partial charge in [-0.15, -0.1) is 11.3 Å². The van der Waals surface area contributed by atoms with Crippen LogP contribution in [0.15, 0.2) is 29.6 Å². The number of nitrogens with zero attached hydrogens (tertiary/aromatic N) is 4. The molecule has 11 heteroatoms. The van der Waals surface area contributed by atoms with Crippen molar-refractivity contribution in [1.82, 2.24) is 14.7 Å². The van der Waals surface area contributed by atoms with Gasteiger partial charge in [0.2, 0.25) is 0 Å². The predicted molar refractivity (Wildman–Crippen MR) is 131 cm³/mol. The van der Waals surface area contributed by atoms with Crippen LogP contribution < -0.4 is 4.90 Å². The van der Waals surface area contributed by atoms with Gasteiger partial charge in [-0.25, -0.2) is 14.4 Å². The molecule has 0 saturated carbocycles. The van der Waals surface area contributed by atoms with Crippen LogP contribution in [-0.4, -0.2) is 96.2 Å². The number of benzene rings is 1. The molecule has 4 fully saturated rings. The summed E-state index contributed by atoms with van der Waals surface area (Å²) in [5, 5.41) is 3.44. The van der Waals surface area contributed by atoms with Crippen molar-refractivity contribution < 1.29 is 28.7 Å². The Morgan fingerprint density at radius 3 is 2.44 bits per heavy atom. The van der Waals surface area contributed by atoms with E-state index in [0.717, 1.165) is 44.0 Å². The predicted octanol–water partition coefficient (Wildman–Crippen LogP) is 2.03. The third kappa shape index (κ3) is 3.72. The highest BCUT2D eigenvalue weighted by molar-refractivity contribution is 7.17. The summed E-state index contributed by atoms with van der Waals surface area (Å²) >= 11 is 1.76. The van der Waals surface area contributed by atoms with Crippen molar-refractivity contribution in [3.05, 3.63) is 29.6 Å². The molecule has 4 aliphatic heterocycles. The van der Waals surface area contributed by atoms with Crippen LogP contribution in [0, 0.1) is 0 Å². The molecular formula is C25H28N4O6S. The largest absolute Gasteiger partial charge is 0.421 e. The van der Waals surface area contributed by atoms with E-state index < -0.39 is 35.7 Å². The SMILES string of the molecule is O=C1OC2(OC1=O)C(=O)N(CCCCN1CCN(c3cccc4sccc34)CC1)C(=O)N1CCCC12. The number of rotatable bonds is 6. The zero-order valence-electron chi connectivity index (χ0n) is 19.9. The number of carbonyl (C=O) groups is 4. The molecule has 10 nitrogen and oxygen atoms in total. The highest BCUT2D eigenvalue weighted by Gasteiger charge is 2.68. The number of imide groups is 1. The standard InChI is InChI=1S/C25H28N4O6S/c30-21-22(31)35-25(34-21)20-7-4-11-28(20)24(33)29(23(25)32)10-2-1-9-26-12-14-27(15-13-26)18-5-3-6-19-17(18)8-16-36-19/h3,5-6,8,16,20H,1-2,4,7,9-15H2. The van der Waals surface area contributed by atoms with Gasteiger partial charge >= 0.3 is 29.7 Å². The lowest BCUT2D eigenvalue weighted by Gasteiger charge is -2.44. The molecule has 1 atom stereocenters. The van der Waals surface area contributed by atoms with Gasteiger partial charge in [0.25, 0.3) is 0 Å². The van der Waals surface area contributed by atoms with Gasteiger partial charge in [-0.1, -0.05) is 6.07 Å². The van der Waals surface area contributed by atoms with Crippen LogP contribution >= 0.6 is 11.3 Å². The zero-order valence-corrected chi connectivity index (χ0v) is 20.7. The molecule has 2 aromatic rings. The van der Waals surface area contributed by atoms with Crippen LogP contribution in [0.2, 0.25) is 0 Å². The first kappa shape index (κ1) is 23.2. The fourth-order valence-electron chi connectivity index (χ4n) is 5.84. The monoisotopic (exact) mass is 512 g/mol. The van der Waals surface area contributed by atoms with Crippen LogP contribution in [0.1, 0.15) is 25.7 Å². The first-order valence-corrected chi connectivity index (χ1v) is 13.4. The van der Waals surface area contributed by atoms with Crippen LogP contribution in [0.5, 0.6) is 0 Å². The Labute approximate surface area is 212 Å². The van der Waals surface area contributed by atoms with Crippen molar-refractivity contribution in [1.29, 1.82) is 0 Å². The lowest BCUT2D eigenvalue weighted by molar-refractivity contribution is -0.217. The van der Waals surface area contributed by atoms with E-state index in [9.17, 15) is 19.2 Å². The quantitative estimate of drug-likeness (QED) is 0.329. The number of thiophene rings is 1. The number of hydrogen-bond acceptors (Lipinski definition) is 9. The Morgan fingerprint density at radius 1 is 0.917 bits per heavy atom. The van der Waals surface area contributed by atoms with Gasteiger partial charge in [-0.3, -0.25) is 14.6 Å². The van der Waals surface area contributed by atoms with Crippen molar-refractivity contribution in [2.24, 2.45) is 0 Å². The third-order valence-corrected chi connectivity index (χ3v) is 8.54. The summed E-state index contributed by atoms with van der Waals surface area (Å²) in [7, 11) is 0. The van der Waals surface area contributed by atoms with Crippen LogP contribution in [0.25, 0.3) is 10.1 Å². The number of unbranched alkanes of at least 4 members (excludes halogenated alkanes) is 1. The van der Waals surface area contributed by atoms with Gasteiger partial charge in [0.15, 0.2) is 0 Å². The molecule has 1 aromatic heterocycles. The average Bonchev–Trinajstić information content (AvgIpc) is 3.63. The fraction of sp³-hybridized carbons (Fsp3) is 0.520. The number of carbonyl (C=O) groups excluding carboxylic acids is 4. The molecule has 4 aliphatic rings. The Morgan fingerprint density at radius 2 is 1.67 bits per heavy atom. The second-order valence-electron chi connectivity index (χ2n) is 9.68. The van der Waals surface area contributed by atoms with E-state index in [1.165, 1.54) is 20.7 Å². The van der Waals surface area contributed by atoms with E-state index in [-0.39, 0.29) is 6.54 Å². The number of anilines is 1. The first-order chi connectivity index (χ1) is 17.5. The summed E-state index contributed by atoms with van der Waals surface area (Å²) in [5.41, 5.74) is 1.29. The minimum absolute atomic E-state index is 0.192. The molecule has 5 heterocycles. The lowest BCUT2D eigenvalue weighted by Crippen LogP contribution is -2.69. The molecule has 36 heavy (non-hydrogen) atoms. The minimum atomic E-state index is -2.03. The lowest BCUT2D eigenvalue weighted by atomic mass is 10.00. The molecular weight excluding hydrogens is 484 g/mol. The summed E-state index contributed by atoms with van der Waals surface area (Å²) in [5.74, 6) is -5.14. The molecule has 3 amide bonds. The molecule has 1 spiro atoms. The molecule has 0 aliphatic carbocycles. The topological polar surface area (TPSA) is 99.7 Å². The second-order valence-corrected chi connectivity index (χ2v) is 10.6. The van der Waals surface area contributed by atoms with Gasteiger partial charge in [0.1, 0.15) is 6.04 Å². The van der Waals surface area contributed by atoms with Crippen molar-refractivity contribution in [3.8, 4) is 0 Å². The Balaban J connectivity index is 1.03. The molecule has 0 N–H and O–H groups in total. The van der Waals surface area contributed by atoms with E-state index in [1.807, 2.05) is 0 Å². The van der Waals surface area contributed by atoms with Gasteiger partial charge in [0.05, 0.1) is 0 Å². The van der Waals surface area contributed by atoms with E-state index in [4.69, 9.17) is 9.47 Å². The fourth-order valence-corrected chi connectivity index (χ4v) is 6.64.